The van der Waals surface area contributed by atoms with Crippen molar-refractivity contribution < 1.29 is 13.2 Å². The molecule has 0 fully saturated rings. The fourth-order valence-electron chi connectivity index (χ4n) is 0.410. The van der Waals surface area contributed by atoms with Crippen molar-refractivity contribution in [1.82, 2.24) is 0 Å². The first-order chi connectivity index (χ1) is 4.66. The lowest BCUT2D eigenvalue weighted by atomic mass is 10.3. The molecule has 0 radical (unpaired) electrons. The predicted molar refractivity (Wildman–Crippen MR) is 33.3 cm³/mol. The van der Waals surface area contributed by atoms with E-state index >= 15 is 0 Å². The maximum atomic E-state index is 12.1. The van der Waals surface area contributed by atoms with Gasteiger partial charge in [-0.1, -0.05) is 5.92 Å². The van der Waals surface area contributed by atoms with E-state index in [1.54, 1.807) is 0 Å². The van der Waals surface area contributed by atoms with Gasteiger partial charge in [-0.05, 0) is 0 Å². The van der Waals surface area contributed by atoms with Crippen LogP contribution in [-0.4, -0.2) is 6.43 Å². The minimum Gasteiger partial charge on any atom is -0.211 e. The molecule has 56 valence electrons. The molecule has 0 aromatic carbocycles. The van der Waals surface area contributed by atoms with Crippen molar-refractivity contribution >= 4 is 0 Å². The molecule has 0 heterocycles. The van der Waals surface area contributed by atoms with Crippen LogP contribution in [0, 0.1) is 12.3 Å². The van der Waals surface area contributed by atoms with Crippen molar-refractivity contribution in [3.8, 4) is 12.3 Å². The van der Waals surface area contributed by atoms with Gasteiger partial charge in [0, 0.05) is 18.9 Å². The molecule has 0 aromatic rings. The zero-order valence-electron chi connectivity index (χ0n) is 5.28. The third kappa shape index (κ3) is 5.23. The van der Waals surface area contributed by atoms with Gasteiger partial charge in [0.15, 0.2) is 0 Å². The summed E-state index contributed by atoms with van der Waals surface area (Å²) < 4.78 is 34.9. The lowest BCUT2D eigenvalue weighted by molar-refractivity contribution is 0.136. The van der Waals surface area contributed by atoms with Crippen LogP contribution < -0.4 is 0 Å². The van der Waals surface area contributed by atoms with Crippen molar-refractivity contribution in [2.45, 2.75) is 19.3 Å². The second-order valence-corrected chi connectivity index (χ2v) is 1.69. The van der Waals surface area contributed by atoms with Crippen LogP contribution in [0.25, 0.3) is 0 Å². The Hall–Kier alpha value is -0.910. The minimum absolute atomic E-state index is 0.276. The number of halogens is 3. The number of terminal acetylenes is 1. The average Bonchev–Trinajstić information content (AvgIpc) is 1.85. The van der Waals surface area contributed by atoms with Crippen LogP contribution in [0.1, 0.15) is 12.8 Å². The van der Waals surface area contributed by atoms with E-state index in [-0.39, 0.29) is 6.42 Å². The first-order valence-corrected chi connectivity index (χ1v) is 2.75. The van der Waals surface area contributed by atoms with E-state index in [4.69, 9.17) is 0 Å². The van der Waals surface area contributed by atoms with Gasteiger partial charge in [0.05, 0.1) is 0 Å². The Kier molecular flexibility index (Phi) is 4.47. The van der Waals surface area contributed by atoms with Gasteiger partial charge in [-0.25, -0.2) is 13.2 Å². The average molecular weight is 148 g/mol. The maximum absolute atomic E-state index is 12.1. The second-order valence-electron chi connectivity index (χ2n) is 1.69. The highest BCUT2D eigenvalue weighted by atomic mass is 19.3. The summed E-state index contributed by atoms with van der Waals surface area (Å²) in [5.74, 6) is 1.25. The molecule has 0 aliphatic rings. The lowest BCUT2D eigenvalue weighted by Crippen LogP contribution is -1.89. The monoisotopic (exact) mass is 148 g/mol. The molecule has 0 N–H and O–H groups in total. The molecule has 0 saturated carbocycles. The summed E-state index contributed by atoms with van der Waals surface area (Å²) in [5.41, 5.74) is 0. The molecule has 10 heavy (non-hydrogen) atoms. The molecular formula is C7H7F3. The molecule has 0 unspecified atom stereocenters. The summed E-state index contributed by atoms with van der Waals surface area (Å²) >= 11 is 0. The fraction of sp³-hybridized carbons (Fsp3) is 0.429. The minimum atomic E-state index is -2.46. The van der Waals surface area contributed by atoms with E-state index < -0.39 is 18.7 Å². The SMILES string of the molecule is C#C/C=C(/F)CCC(F)F. The third-order valence-electron chi connectivity index (χ3n) is 0.841. The molecule has 3 heteroatoms. The van der Waals surface area contributed by atoms with Crippen LogP contribution >= 0.6 is 0 Å². The van der Waals surface area contributed by atoms with Gasteiger partial charge in [-0.15, -0.1) is 6.42 Å². The summed E-state index contributed by atoms with van der Waals surface area (Å²) in [6, 6.07) is 0. The predicted octanol–water partition coefficient (Wildman–Crippen LogP) is 2.52. The van der Waals surface area contributed by atoms with E-state index in [0.717, 1.165) is 6.08 Å². The van der Waals surface area contributed by atoms with Crippen molar-refractivity contribution in [3.05, 3.63) is 11.9 Å². The molecule has 0 spiro atoms. The third-order valence-corrected chi connectivity index (χ3v) is 0.841. The first kappa shape index (κ1) is 9.09. The number of hydrogen-bond donors (Lipinski definition) is 0. The summed E-state index contributed by atoms with van der Waals surface area (Å²) in [6.07, 6.45) is 2.33. The van der Waals surface area contributed by atoms with Gasteiger partial charge < -0.3 is 0 Å². The summed E-state index contributed by atoms with van der Waals surface area (Å²) in [6.45, 7) is 0. The maximum Gasteiger partial charge on any atom is 0.239 e. The molecule has 0 aromatic heterocycles. The van der Waals surface area contributed by atoms with Gasteiger partial charge >= 0.3 is 0 Å². The topological polar surface area (TPSA) is 0 Å². The molecular weight excluding hydrogens is 141 g/mol. The van der Waals surface area contributed by atoms with Gasteiger partial charge in [0.2, 0.25) is 6.43 Å². The Morgan fingerprint density at radius 3 is 2.60 bits per heavy atom. The van der Waals surface area contributed by atoms with Crippen LogP contribution in [0.3, 0.4) is 0 Å². The van der Waals surface area contributed by atoms with Gasteiger partial charge in [-0.3, -0.25) is 0 Å². The fourth-order valence-corrected chi connectivity index (χ4v) is 0.410. The largest absolute Gasteiger partial charge is 0.239 e. The number of allylic oxidation sites excluding steroid dienone is 2. The van der Waals surface area contributed by atoms with E-state index in [0.29, 0.717) is 0 Å². The van der Waals surface area contributed by atoms with Crippen LogP contribution in [0.5, 0.6) is 0 Å². The lowest BCUT2D eigenvalue weighted by Gasteiger charge is -1.94. The van der Waals surface area contributed by atoms with E-state index in [2.05, 4.69) is 6.42 Å². The number of hydrogen-bond acceptors (Lipinski definition) is 0. The van der Waals surface area contributed by atoms with Crippen LogP contribution in [0.15, 0.2) is 11.9 Å². The molecule has 0 nitrogen and oxygen atoms in total. The van der Waals surface area contributed by atoms with E-state index in [9.17, 15) is 13.2 Å². The summed E-state index contributed by atoms with van der Waals surface area (Å²) in [5, 5.41) is 0. The highest BCUT2D eigenvalue weighted by molar-refractivity contribution is 5.12. The van der Waals surface area contributed by atoms with Gasteiger partial charge in [-0.2, -0.15) is 0 Å². The Balaban J connectivity index is 3.51. The van der Waals surface area contributed by atoms with Crippen LogP contribution in [0.4, 0.5) is 13.2 Å². The van der Waals surface area contributed by atoms with Crippen molar-refractivity contribution in [1.29, 1.82) is 0 Å². The molecule has 0 saturated heterocycles. The molecule has 0 aliphatic carbocycles. The van der Waals surface area contributed by atoms with Crippen LogP contribution in [0.2, 0.25) is 0 Å². The summed E-state index contributed by atoms with van der Waals surface area (Å²) in [4.78, 5) is 0. The molecule has 0 aliphatic heterocycles. The normalized spacial score (nSPS) is 11.7. The van der Waals surface area contributed by atoms with Crippen molar-refractivity contribution in [2.75, 3.05) is 0 Å². The standard InChI is InChI=1S/C7H7F3/c1-2-3-6(8)4-5-7(9)10/h1,3,7H,4-5H2/b6-3+. The number of rotatable bonds is 3. The Morgan fingerprint density at radius 1 is 1.60 bits per heavy atom. The Bertz CT molecular complexity index is 153. The quantitative estimate of drug-likeness (QED) is 0.539. The highest BCUT2D eigenvalue weighted by Gasteiger charge is 2.03. The van der Waals surface area contributed by atoms with Gasteiger partial charge in [0.1, 0.15) is 5.83 Å². The molecule has 0 bridgehead atoms. The van der Waals surface area contributed by atoms with Crippen molar-refractivity contribution in [3.63, 3.8) is 0 Å². The van der Waals surface area contributed by atoms with Crippen LogP contribution in [-0.2, 0) is 0 Å². The second kappa shape index (κ2) is 4.92. The van der Waals surface area contributed by atoms with Gasteiger partial charge in [0.25, 0.3) is 0 Å². The highest BCUT2D eigenvalue weighted by Crippen LogP contribution is 2.10. The van der Waals surface area contributed by atoms with E-state index in [1.165, 1.54) is 0 Å². The van der Waals surface area contributed by atoms with Crippen molar-refractivity contribution in [2.24, 2.45) is 0 Å². The number of alkyl halides is 2. The smallest absolute Gasteiger partial charge is 0.211 e. The Morgan fingerprint density at radius 2 is 2.20 bits per heavy atom. The molecule has 0 rings (SSSR count). The Labute approximate surface area is 57.7 Å². The zero-order chi connectivity index (χ0) is 7.98. The zero-order valence-corrected chi connectivity index (χ0v) is 5.28. The summed E-state index contributed by atoms with van der Waals surface area (Å²) in [7, 11) is 0. The molecule has 0 atom stereocenters. The first-order valence-electron chi connectivity index (χ1n) is 2.75. The molecule has 0 amide bonds. The van der Waals surface area contributed by atoms with E-state index in [1.807, 2.05) is 5.92 Å².